The van der Waals surface area contributed by atoms with Crippen LogP contribution in [0.1, 0.15) is 26.7 Å². The first-order valence-electron chi connectivity index (χ1n) is 7.93. The van der Waals surface area contributed by atoms with Gasteiger partial charge in [-0.3, -0.25) is 14.9 Å². The van der Waals surface area contributed by atoms with Crippen LogP contribution in [0.4, 0.5) is 0 Å². The van der Waals surface area contributed by atoms with E-state index in [1.54, 1.807) is 0 Å². The lowest BCUT2D eigenvalue weighted by Gasteiger charge is -2.38. The van der Waals surface area contributed by atoms with E-state index in [4.69, 9.17) is 0 Å². The van der Waals surface area contributed by atoms with E-state index in [-0.39, 0.29) is 18.6 Å². The molecule has 0 heterocycles. The number of hydrogen-bond acceptors (Lipinski definition) is 6. The summed E-state index contributed by atoms with van der Waals surface area (Å²) in [6.07, 6.45) is -1.62. The Morgan fingerprint density at radius 3 is 2.12 bits per heavy atom. The molecule has 8 nitrogen and oxygen atoms in total. The molecule has 1 saturated carbocycles. The number of ketones is 1. The van der Waals surface area contributed by atoms with Gasteiger partial charge in [-0.1, -0.05) is 25.6 Å². The highest BCUT2D eigenvalue weighted by molar-refractivity contribution is 6.83. The van der Waals surface area contributed by atoms with Gasteiger partial charge < -0.3 is 20.1 Å². The van der Waals surface area contributed by atoms with Crippen LogP contribution in [0.2, 0.25) is 19.6 Å². The van der Waals surface area contributed by atoms with E-state index in [9.17, 15) is 35.0 Å². The zero-order valence-electron chi connectivity index (χ0n) is 15.3. The number of carboxylic acid groups (broad SMARTS) is 1. The molecule has 0 aromatic rings. The largest absolute Gasteiger partial charge is 0.481 e. The number of rotatable bonds is 3. The zero-order valence-corrected chi connectivity index (χ0v) is 16.3. The zero-order chi connectivity index (χ0) is 20.0. The van der Waals surface area contributed by atoms with Crippen LogP contribution in [0, 0.1) is 33.4 Å². The molecule has 0 aromatic carbocycles. The van der Waals surface area contributed by atoms with Gasteiger partial charge in [0.1, 0.15) is 19.5 Å². The van der Waals surface area contributed by atoms with Crippen molar-refractivity contribution in [3.05, 3.63) is 10.1 Å². The fraction of sp³-hybridized carbons (Fsp3) is 0.750. The van der Waals surface area contributed by atoms with E-state index in [0.29, 0.717) is 0 Å². The van der Waals surface area contributed by atoms with Gasteiger partial charge in [0.05, 0.1) is 17.9 Å². The minimum Gasteiger partial charge on any atom is -0.481 e. The summed E-state index contributed by atoms with van der Waals surface area (Å²) in [5, 5.41) is 40.3. The van der Waals surface area contributed by atoms with E-state index in [1.165, 1.54) is 13.8 Å². The molecule has 4 atom stereocenters. The highest BCUT2D eigenvalue weighted by Crippen LogP contribution is 2.37. The van der Waals surface area contributed by atoms with Gasteiger partial charge in [-0.2, -0.15) is 0 Å². The maximum atomic E-state index is 11.3. The van der Waals surface area contributed by atoms with Crippen LogP contribution in [-0.2, 0) is 9.59 Å². The number of carboxylic acids is 1. The van der Waals surface area contributed by atoms with Crippen molar-refractivity contribution in [3.63, 3.8) is 0 Å². The standard InChI is InChI=1S/C13H21NO6Si.C3H6O/c1-21(2,3)5-4-13(18)6-9(12(16)17)10(8-14(19)20)11(15)7-13;1-3(2)4/h9-11,15,18H,6-8H2,1-3H3,(H,16,17);1-2H3/t9-,10+,11-,13-;/m1./s1. The molecule has 1 rings (SSSR count). The quantitative estimate of drug-likeness (QED) is 0.290. The van der Waals surface area contributed by atoms with Crippen LogP contribution in [0.3, 0.4) is 0 Å². The molecular weight excluding hydrogens is 346 g/mol. The van der Waals surface area contributed by atoms with Crippen molar-refractivity contribution in [2.24, 2.45) is 11.8 Å². The van der Waals surface area contributed by atoms with Crippen molar-refractivity contribution in [1.29, 1.82) is 0 Å². The Morgan fingerprint density at radius 2 is 1.76 bits per heavy atom. The minimum absolute atomic E-state index is 0.160. The second kappa shape index (κ2) is 9.08. The van der Waals surface area contributed by atoms with Crippen LogP contribution in [0.15, 0.2) is 0 Å². The van der Waals surface area contributed by atoms with Crippen LogP contribution >= 0.6 is 0 Å². The lowest BCUT2D eigenvalue weighted by molar-refractivity contribution is -0.493. The van der Waals surface area contributed by atoms with Gasteiger partial charge in [0.2, 0.25) is 6.54 Å². The second-order valence-corrected chi connectivity index (χ2v) is 12.3. The van der Waals surface area contributed by atoms with Gasteiger partial charge in [0.15, 0.2) is 0 Å². The van der Waals surface area contributed by atoms with E-state index in [2.05, 4.69) is 11.5 Å². The molecular formula is C16H27NO7Si. The topological polar surface area (TPSA) is 138 Å². The summed E-state index contributed by atoms with van der Waals surface area (Å²) >= 11 is 0. The van der Waals surface area contributed by atoms with Crippen molar-refractivity contribution in [3.8, 4) is 11.5 Å². The highest BCUT2D eigenvalue weighted by atomic mass is 28.3. The van der Waals surface area contributed by atoms with E-state index in [1.807, 2.05) is 19.6 Å². The highest BCUT2D eigenvalue weighted by Gasteiger charge is 2.49. The van der Waals surface area contributed by atoms with Crippen LogP contribution in [0.5, 0.6) is 0 Å². The SMILES string of the molecule is CC(C)=O.C[Si](C)(C)C#C[C@]1(O)C[C@@H](O)[C@@H](C[N+](=O)[O-])[C@H](C(=O)O)C1. The molecule has 0 amide bonds. The molecule has 0 aromatic heterocycles. The minimum atomic E-state index is -1.76. The monoisotopic (exact) mass is 373 g/mol. The van der Waals surface area contributed by atoms with Crippen molar-refractivity contribution in [2.75, 3.05) is 6.54 Å². The number of nitro groups is 1. The van der Waals surface area contributed by atoms with Crippen LogP contribution in [-0.4, -0.2) is 58.3 Å². The van der Waals surface area contributed by atoms with Gasteiger partial charge in [-0.15, -0.1) is 5.54 Å². The number of aliphatic hydroxyl groups is 2. The van der Waals surface area contributed by atoms with Crippen LogP contribution < -0.4 is 0 Å². The third-order valence-electron chi connectivity index (χ3n) is 3.46. The van der Waals surface area contributed by atoms with Crippen molar-refractivity contribution in [2.45, 2.75) is 58.0 Å². The van der Waals surface area contributed by atoms with Crippen molar-refractivity contribution >= 4 is 19.8 Å². The van der Waals surface area contributed by atoms with Crippen LogP contribution in [0.25, 0.3) is 0 Å². The molecule has 0 aliphatic heterocycles. The molecule has 0 radical (unpaired) electrons. The maximum absolute atomic E-state index is 11.3. The number of hydrogen-bond donors (Lipinski definition) is 3. The summed E-state index contributed by atoms with van der Waals surface area (Å²) in [4.78, 5) is 30.7. The van der Waals surface area contributed by atoms with Gasteiger partial charge in [0.25, 0.3) is 0 Å². The smallest absolute Gasteiger partial charge is 0.307 e. The Morgan fingerprint density at radius 1 is 1.28 bits per heavy atom. The maximum Gasteiger partial charge on any atom is 0.307 e. The molecule has 9 heteroatoms. The Labute approximate surface area is 148 Å². The van der Waals surface area contributed by atoms with E-state index >= 15 is 0 Å². The Bertz CT molecular complexity index is 571. The molecule has 142 valence electrons. The Kier molecular flexibility index (Phi) is 8.44. The molecule has 25 heavy (non-hydrogen) atoms. The third-order valence-corrected chi connectivity index (χ3v) is 4.34. The first-order chi connectivity index (χ1) is 11.2. The molecule has 1 fully saturated rings. The molecule has 1 aliphatic rings. The normalized spacial score (nSPS) is 28.7. The molecule has 3 N–H and O–H groups in total. The number of carbonyl (C=O) groups is 2. The van der Waals surface area contributed by atoms with Gasteiger partial charge in [0, 0.05) is 17.8 Å². The lowest BCUT2D eigenvalue weighted by atomic mass is 9.70. The predicted molar refractivity (Wildman–Crippen MR) is 94.1 cm³/mol. The van der Waals surface area contributed by atoms with Gasteiger partial charge in [-0.05, 0) is 13.8 Å². The Balaban J connectivity index is 0.00000129. The lowest BCUT2D eigenvalue weighted by Crippen LogP contribution is -2.50. The Hall–Kier alpha value is -1.76. The fourth-order valence-electron chi connectivity index (χ4n) is 2.46. The molecule has 0 bridgehead atoms. The van der Waals surface area contributed by atoms with E-state index < -0.39 is 49.1 Å². The summed E-state index contributed by atoms with van der Waals surface area (Å²) in [6.45, 7) is 8.36. The second-order valence-electron chi connectivity index (χ2n) is 7.54. The number of aliphatic hydroxyl groups excluding tert-OH is 1. The predicted octanol–water partition coefficient (Wildman–Crippen LogP) is 0.942. The molecule has 0 spiro atoms. The fourth-order valence-corrected chi connectivity index (χ4v) is 3.07. The number of carbonyl (C=O) groups excluding carboxylic acids is 1. The third kappa shape index (κ3) is 9.33. The average molecular weight is 373 g/mol. The summed E-state index contributed by atoms with van der Waals surface area (Å²) in [6, 6.07) is 0. The summed E-state index contributed by atoms with van der Waals surface area (Å²) in [7, 11) is -1.76. The molecule has 1 aliphatic carbocycles. The van der Waals surface area contributed by atoms with Gasteiger partial charge in [-0.25, -0.2) is 0 Å². The summed E-state index contributed by atoms with van der Waals surface area (Å²) < 4.78 is 0. The average Bonchev–Trinajstić information content (AvgIpc) is 2.38. The molecule has 0 unspecified atom stereocenters. The summed E-state index contributed by atoms with van der Waals surface area (Å²) in [5.74, 6) is -0.576. The van der Waals surface area contributed by atoms with Crippen molar-refractivity contribution in [1.82, 2.24) is 0 Å². The first-order valence-corrected chi connectivity index (χ1v) is 11.4. The van der Waals surface area contributed by atoms with Crippen molar-refractivity contribution < 1.29 is 29.8 Å². The van der Waals surface area contributed by atoms with E-state index in [0.717, 1.165) is 0 Å². The number of Topliss-reactive ketones (excluding diaryl/α,β-unsaturated/α-hetero) is 1. The molecule has 0 saturated heterocycles. The summed E-state index contributed by atoms with van der Waals surface area (Å²) in [5.41, 5.74) is 1.37. The number of aliphatic carboxylic acids is 1. The first kappa shape index (κ1) is 23.2. The number of nitrogens with zero attached hydrogens (tertiary/aromatic N) is 1. The van der Waals surface area contributed by atoms with Gasteiger partial charge >= 0.3 is 5.97 Å².